The van der Waals surface area contributed by atoms with Gasteiger partial charge in [0.1, 0.15) is 5.82 Å². The Kier molecular flexibility index (Phi) is 6.09. The van der Waals surface area contributed by atoms with Crippen LogP contribution >= 0.6 is 0 Å². The lowest BCUT2D eigenvalue weighted by Crippen LogP contribution is -2.32. The van der Waals surface area contributed by atoms with E-state index in [9.17, 15) is 18.8 Å². The molecule has 2 heterocycles. The number of aromatic nitrogens is 2. The Morgan fingerprint density at radius 2 is 1.76 bits per heavy atom. The number of fused-ring (bicyclic) bond motifs is 1. The lowest BCUT2D eigenvalue weighted by molar-refractivity contribution is -0.121. The summed E-state index contributed by atoms with van der Waals surface area (Å²) in [6.45, 7) is 5.81. The van der Waals surface area contributed by atoms with Gasteiger partial charge in [0.2, 0.25) is 5.91 Å². The number of amides is 3. The number of benzene rings is 2. The number of rotatable bonds is 7. The molecule has 0 aliphatic carbocycles. The quantitative estimate of drug-likeness (QED) is 0.556. The van der Waals surface area contributed by atoms with E-state index in [1.807, 2.05) is 26.8 Å². The van der Waals surface area contributed by atoms with E-state index in [0.29, 0.717) is 17.5 Å². The predicted molar refractivity (Wildman–Crippen MR) is 121 cm³/mol. The first-order chi connectivity index (χ1) is 15.8. The molecule has 7 nitrogen and oxygen atoms in total. The summed E-state index contributed by atoms with van der Waals surface area (Å²) in [5.41, 5.74) is 4.18. The van der Waals surface area contributed by atoms with E-state index in [1.54, 1.807) is 35.1 Å². The highest BCUT2D eigenvalue weighted by Gasteiger charge is 2.35. The molecule has 33 heavy (non-hydrogen) atoms. The van der Waals surface area contributed by atoms with Crippen molar-refractivity contribution in [2.75, 3.05) is 6.54 Å². The molecule has 170 valence electrons. The molecular formula is C25H25FN4O3. The van der Waals surface area contributed by atoms with E-state index in [4.69, 9.17) is 0 Å². The van der Waals surface area contributed by atoms with Crippen LogP contribution in [0.15, 0.2) is 48.7 Å². The molecule has 2 aromatic carbocycles. The maximum absolute atomic E-state index is 13.2. The van der Waals surface area contributed by atoms with E-state index >= 15 is 0 Å². The summed E-state index contributed by atoms with van der Waals surface area (Å²) >= 11 is 0. The molecule has 0 radical (unpaired) electrons. The molecule has 1 aliphatic heterocycles. The van der Waals surface area contributed by atoms with E-state index < -0.39 is 0 Å². The molecule has 0 fully saturated rings. The number of nitrogens with zero attached hydrogens (tertiary/aromatic N) is 3. The Hall–Kier alpha value is -3.81. The fourth-order valence-electron chi connectivity index (χ4n) is 4.09. The van der Waals surface area contributed by atoms with Gasteiger partial charge in [0.15, 0.2) is 0 Å². The Bertz CT molecular complexity index is 1230. The number of carbonyl (C=O) groups is 3. The van der Waals surface area contributed by atoms with E-state index in [1.165, 1.54) is 17.0 Å². The third kappa shape index (κ3) is 4.41. The first kappa shape index (κ1) is 22.4. The largest absolute Gasteiger partial charge is 0.349 e. The number of carbonyl (C=O) groups excluding carboxylic acids is 3. The minimum absolute atomic E-state index is 0.177. The molecule has 4 rings (SSSR count). The van der Waals surface area contributed by atoms with Crippen LogP contribution in [0.2, 0.25) is 0 Å². The molecule has 1 aromatic heterocycles. The summed E-state index contributed by atoms with van der Waals surface area (Å²) in [4.78, 5) is 38.7. The summed E-state index contributed by atoms with van der Waals surface area (Å²) in [5.74, 6) is -1.12. The summed E-state index contributed by atoms with van der Waals surface area (Å²) in [6, 6.07) is 10.9. The van der Waals surface area contributed by atoms with Crippen molar-refractivity contribution < 1.29 is 18.8 Å². The zero-order valence-electron chi connectivity index (χ0n) is 18.8. The van der Waals surface area contributed by atoms with Crippen molar-refractivity contribution in [2.24, 2.45) is 0 Å². The van der Waals surface area contributed by atoms with E-state index in [0.717, 1.165) is 22.5 Å². The fourth-order valence-corrected chi connectivity index (χ4v) is 4.09. The van der Waals surface area contributed by atoms with Crippen LogP contribution in [0, 0.1) is 19.7 Å². The van der Waals surface area contributed by atoms with Crippen LogP contribution in [0.1, 0.15) is 63.3 Å². The molecule has 3 amide bonds. The monoisotopic (exact) mass is 448 g/mol. The highest BCUT2D eigenvalue weighted by atomic mass is 19.1. The molecule has 0 bridgehead atoms. The van der Waals surface area contributed by atoms with Crippen molar-refractivity contribution in [3.05, 3.63) is 82.4 Å². The lowest BCUT2D eigenvalue weighted by atomic mass is 10.1. The van der Waals surface area contributed by atoms with Gasteiger partial charge in [0.05, 0.1) is 29.1 Å². The van der Waals surface area contributed by atoms with E-state index in [2.05, 4.69) is 10.4 Å². The van der Waals surface area contributed by atoms with Gasteiger partial charge < -0.3 is 5.32 Å². The third-order valence-electron chi connectivity index (χ3n) is 5.87. The molecule has 0 spiro atoms. The second kappa shape index (κ2) is 8.97. The zero-order valence-corrected chi connectivity index (χ0v) is 18.8. The number of nitrogens with one attached hydrogen (secondary N) is 1. The topological polar surface area (TPSA) is 84.3 Å². The normalized spacial score (nSPS) is 13.9. The minimum Gasteiger partial charge on any atom is -0.349 e. The predicted octanol–water partition coefficient (Wildman–Crippen LogP) is 3.88. The van der Waals surface area contributed by atoms with Gasteiger partial charge in [-0.3, -0.25) is 19.3 Å². The van der Waals surface area contributed by atoms with Gasteiger partial charge in [-0.15, -0.1) is 0 Å². The van der Waals surface area contributed by atoms with Crippen LogP contribution in [0.4, 0.5) is 4.39 Å². The van der Waals surface area contributed by atoms with Crippen molar-refractivity contribution in [3.63, 3.8) is 0 Å². The van der Waals surface area contributed by atoms with Crippen LogP contribution in [0.3, 0.4) is 0 Å². The molecular weight excluding hydrogens is 423 g/mol. The Labute approximate surface area is 191 Å². The second-order valence-electron chi connectivity index (χ2n) is 8.28. The molecule has 1 atom stereocenters. The maximum Gasteiger partial charge on any atom is 0.261 e. The second-order valence-corrected chi connectivity index (χ2v) is 8.28. The van der Waals surface area contributed by atoms with Crippen molar-refractivity contribution in [1.29, 1.82) is 0 Å². The van der Waals surface area contributed by atoms with Gasteiger partial charge in [-0.25, -0.2) is 9.07 Å². The third-order valence-corrected chi connectivity index (χ3v) is 5.87. The summed E-state index contributed by atoms with van der Waals surface area (Å²) < 4.78 is 14.9. The lowest BCUT2D eigenvalue weighted by Gasteiger charge is -2.16. The average Bonchev–Trinajstić information content (AvgIpc) is 3.27. The SMILES string of the molecule is Cc1ccc2c(c1)C(=O)N(CCCC(=O)NC(C)c1cnn(-c3ccc(F)cc3)c1C)C2=O. The molecule has 3 aromatic rings. The van der Waals surface area contributed by atoms with Gasteiger partial charge >= 0.3 is 0 Å². The van der Waals surface area contributed by atoms with Gasteiger partial charge in [-0.05, 0) is 63.6 Å². The first-order valence-electron chi connectivity index (χ1n) is 10.8. The molecule has 0 saturated carbocycles. The number of imide groups is 1. The molecule has 1 unspecified atom stereocenters. The summed E-state index contributed by atoms with van der Waals surface area (Å²) in [7, 11) is 0. The van der Waals surface area contributed by atoms with Crippen LogP contribution in [0.5, 0.6) is 0 Å². The van der Waals surface area contributed by atoms with Crippen molar-refractivity contribution in [3.8, 4) is 5.69 Å². The van der Waals surface area contributed by atoms with Gasteiger partial charge in [-0.1, -0.05) is 11.6 Å². The van der Waals surface area contributed by atoms with Crippen LogP contribution in [0.25, 0.3) is 5.69 Å². The van der Waals surface area contributed by atoms with Crippen LogP contribution in [-0.4, -0.2) is 38.9 Å². The summed E-state index contributed by atoms with van der Waals surface area (Å²) in [5, 5.41) is 7.30. The Morgan fingerprint density at radius 3 is 2.48 bits per heavy atom. The first-order valence-corrected chi connectivity index (χ1v) is 10.8. The molecule has 1 aliphatic rings. The van der Waals surface area contributed by atoms with Crippen LogP contribution < -0.4 is 5.32 Å². The van der Waals surface area contributed by atoms with Gasteiger partial charge in [-0.2, -0.15) is 5.10 Å². The maximum atomic E-state index is 13.2. The molecule has 1 N–H and O–H groups in total. The van der Waals surface area contributed by atoms with Crippen molar-refractivity contribution in [1.82, 2.24) is 20.0 Å². The zero-order chi connectivity index (χ0) is 23.7. The highest BCUT2D eigenvalue weighted by Crippen LogP contribution is 2.24. The standard InChI is InChI=1S/C25H25FN4O3/c1-15-6-11-20-21(13-15)25(33)29(24(20)32)12-4-5-23(31)28-16(2)22-14-27-30(17(22)3)19-9-7-18(26)8-10-19/h6-11,13-14,16H,4-5,12H2,1-3H3,(H,28,31). The Morgan fingerprint density at radius 1 is 1.06 bits per heavy atom. The van der Waals surface area contributed by atoms with Crippen LogP contribution in [-0.2, 0) is 4.79 Å². The van der Waals surface area contributed by atoms with Crippen molar-refractivity contribution in [2.45, 2.75) is 39.7 Å². The van der Waals surface area contributed by atoms with Gasteiger partial charge in [0, 0.05) is 24.2 Å². The fraction of sp³-hybridized carbons (Fsp3) is 0.280. The van der Waals surface area contributed by atoms with Gasteiger partial charge in [0.25, 0.3) is 11.8 Å². The average molecular weight is 448 g/mol. The highest BCUT2D eigenvalue weighted by molar-refractivity contribution is 6.21. The number of halogens is 1. The number of hydrogen-bond donors (Lipinski definition) is 1. The van der Waals surface area contributed by atoms with Crippen molar-refractivity contribution >= 4 is 17.7 Å². The number of hydrogen-bond acceptors (Lipinski definition) is 4. The molecule has 8 heteroatoms. The minimum atomic E-state index is -0.319. The Balaban J connectivity index is 1.32. The summed E-state index contributed by atoms with van der Waals surface area (Å²) in [6.07, 6.45) is 2.24. The smallest absolute Gasteiger partial charge is 0.261 e. The molecule has 0 saturated heterocycles. The van der Waals surface area contributed by atoms with E-state index in [-0.39, 0.29) is 42.5 Å². The number of aryl methyl sites for hydroxylation is 1.